The fourth-order valence-corrected chi connectivity index (χ4v) is 22.7. The van der Waals surface area contributed by atoms with Crippen LogP contribution in [-0.4, -0.2) is 40.2 Å². The highest BCUT2D eigenvalue weighted by molar-refractivity contribution is 7.21. The summed E-state index contributed by atoms with van der Waals surface area (Å²) in [6.07, 6.45) is 0. The third kappa shape index (κ3) is 6.46. The quantitative estimate of drug-likeness (QED) is 0.107. The molecular formula is C69H47N5Si2. The number of para-hydroxylation sites is 5. The summed E-state index contributed by atoms with van der Waals surface area (Å²) in [6, 6.07) is 105. The molecule has 0 radical (unpaired) electrons. The van der Waals surface area contributed by atoms with Crippen molar-refractivity contribution in [3.8, 4) is 34.4 Å². The molecule has 0 aliphatic carbocycles. The highest BCUT2D eigenvalue weighted by atomic mass is 28.3. The van der Waals surface area contributed by atoms with E-state index in [4.69, 9.17) is 15.0 Å². The van der Waals surface area contributed by atoms with Crippen LogP contribution in [-0.2, 0) is 0 Å². The fraction of sp³-hybridized carbons (Fsp3) is 0. The molecule has 0 saturated heterocycles. The van der Waals surface area contributed by atoms with Crippen LogP contribution in [0.15, 0.2) is 285 Å². The first-order valence-electron chi connectivity index (χ1n) is 26.0. The molecule has 0 amide bonds. The number of aromatic nitrogens is 5. The zero-order valence-corrected chi connectivity index (χ0v) is 43.4. The third-order valence-corrected chi connectivity index (χ3v) is 25.7. The van der Waals surface area contributed by atoms with Crippen LogP contribution >= 0.6 is 0 Å². The Morgan fingerprint density at radius 2 is 0.684 bits per heavy atom. The van der Waals surface area contributed by atoms with Gasteiger partial charge in [0.1, 0.15) is 0 Å². The van der Waals surface area contributed by atoms with Crippen molar-refractivity contribution in [1.82, 2.24) is 24.1 Å². The number of hydrogen-bond donors (Lipinski definition) is 0. The summed E-state index contributed by atoms with van der Waals surface area (Å²) < 4.78 is 4.72. The van der Waals surface area contributed by atoms with E-state index in [1.807, 2.05) is 0 Å². The predicted molar refractivity (Wildman–Crippen MR) is 320 cm³/mol. The Labute approximate surface area is 442 Å². The maximum atomic E-state index is 5.44. The van der Waals surface area contributed by atoms with E-state index >= 15 is 0 Å². The average molecular weight is 1000 g/mol. The van der Waals surface area contributed by atoms with Crippen molar-refractivity contribution >= 4 is 101 Å². The zero-order valence-electron chi connectivity index (χ0n) is 41.4. The van der Waals surface area contributed by atoms with Crippen LogP contribution in [0.2, 0.25) is 0 Å². The van der Waals surface area contributed by atoms with Gasteiger partial charge in [-0.2, -0.15) is 9.97 Å². The molecule has 1 atom stereocenters. The number of benzene rings is 11. The van der Waals surface area contributed by atoms with Crippen molar-refractivity contribution in [3.63, 3.8) is 0 Å². The van der Waals surface area contributed by atoms with Gasteiger partial charge in [-0.3, -0.25) is 4.57 Å². The summed E-state index contributed by atoms with van der Waals surface area (Å²) in [4.78, 5) is 16.3. The van der Waals surface area contributed by atoms with Crippen LogP contribution in [0.25, 0.3) is 78.0 Å². The Morgan fingerprint density at radius 1 is 0.289 bits per heavy atom. The molecule has 0 saturated carbocycles. The fourth-order valence-electron chi connectivity index (χ4n) is 12.8. The molecule has 0 spiro atoms. The van der Waals surface area contributed by atoms with Crippen LogP contribution in [0, 0.1) is 0 Å². The molecule has 0 N–H and O–H groups in total. The van der Waals surface area contributed by atoms with Crippen molar-refractivity contribution in [2.45, 2.75) is 0 Å². The Balaban J connectivity index is 0.936. The first-order valence-corrected chi connectivity index (χ1v) is 30.0. The van der Waals surface area contributed by atoms with E-state index in [1.54, 1.807) is 0 Å². The Bertz CT molecular complexity index is 4350. The number of rotatable bonds is 9. The lowest BCUT2D eigenvalue weighted by Crippen LogP contribution is -2.76. The van der Waals surface area contributed by atoms with E-state index in [2.05, 4.69) is 294 Å². The SMILES string of the molecule is c1ccc([Si](c2ccccc2)(c2ccccc2)c2ccc(-c3nc(-c4ccc([Si]5(c6ccccc6)c6ccccc6-n6c7ccccc7c7cccc5c76)cc4)nc(-n4c5ccccc5c5ccccc54)n3)cc2)cc1. The zero-order chi connectivity index (χ0) is 50.2. The second-order valence-electron chi connectivity index (χ2n) is 19.8. The van der Waals surface area contributed by atoms with Crippen LogP contribution in [0.5, 0.6) is 0 Å². The minimum Gasteiger partial charge on any atom is -0.309 e. The molecule has 0 bridgehead atoms. The minimum absolute atomic E-state index is 0.572. The van der Waals surface area contributed by atoms with E-state index in [0.29, 0.717) is 17.6 Å². The molecule has 1 aliphatic rings. The molecule has 76 heavy (non-hydrogen) atoms. The Hall–Kier alpha value is -9.54. The largest absolute Gasteiger partial charge is 0.309 e. The van der Waals surface area contributed by atoms with Crippen LogP contribution in [0.3, 0.4) is 0 Å². The summed E-state index contributed by atoms with van der Waals surface area (Å²) in [6.45, 7) is 0. The van der Waals surface area contributed by atoms with E-state index < -0.39 is 16.1 Å². The Morgan fingerprint density at radius 3 is 1.24 bits per heavy atom. The molecule has 1 aliphatic heterocycles. The summed E-state index contributed by atoms with van der Waals surface area (Å²) in [7, 11) is -5.72. The summed E-state index contributed by atoms with van der Waals surface area (Å²) in [5, 5.41) is 15.5. The van der Waals surface area contributed by atoms with Crippen LogP contribution in [0.1, 0.15) is 0 Å². The highest BCUT2D eigenvalue weighted by Crippen LogP contribution is 2.36. The van der Waals surface area contributed by atoms with Gasteiger partial charge >= 0.3 is 0 Å². The van der Waals surface area contributed by atoms with Gasteiger partial charge < -0.3 is 4.57 Å². The molecule has 7 heteroatoms. The summed E-state index contributed by atoms with van der Waals surface area (Å²) >= 11 is 0. The summed E-state index contributed by atoms with van der Waals surface area (Å²) in [5.41, 5.74) is 7.69. The Kier molecular flexibility index (Phi) is 10.2. The van der Waals surface area contributed by atoms with Gasteiger partial charge in [0.05, 0.1) is 22.1 Å². The van der Waals surface area contributed by atoms with Gasteiger partial charge in [-0.05, 0) is 65.8 Å². The van der Waals surface area contributed by atoms with Gasteiger partial charge in [0, 0.05) is 38.4 Å². The molecule has 1 unspecified atom stereocenters. The smallest absolute Gasteiger partial charge is 0.238 e. The molecular weight excluding hydrogens is 955 g/mol. The number of fused-ring (bicyclic) bond motifs is 8. The molecule has 3 aromatic heterocycles. The van der Waals surface area contributed by atoms with Crippen LogP contribution in [0.4, 0.5) is 0 Å². The van der Waals surface area contributed by atoms with Crippen molar-refractivity contribution in [2.75, 3.05) is 0 Å². The molecule has 4 heterocycles. The molecule has 14 aromatic rings. The topological polar surface area (TPSA) is 48.5 Å². The van der Waals surface area contributed by atoms with E-state index in [-0.39, 0.29) is 0 Å². The maximum absolute atomic E-state index is 5.44. The second kappa shape index (κ2) is 17.6. The lowest BCUT2D eigenvalue weighted by atomic mass is 10.1. The predicted octanol–water partition coefficient (Wildman–Crippen LogP) is 10.5. The molecule has 11 aromatic carbocycles. The maximum Gasteiger partial charge on any atom is 0.238 e. The lowest BCUT2D eigenvalue weighted by Gasteiger charge is -2.39. The van der Waals surface area contributed by atoms with E-state index in [1.165, 1.54) is 69.0 Å². The highest BCUT2D eigenvalue weighted by Gasteiger charge is 2.48. The average Bonchev–Trinajstić information content (AvgIpc) is 4.21. The normalized spacial score (nSPS) is 14.1. The minimum atomic E-state index is -2.94. The van der Waals surface area contributed by atoms with Crippen molar-refractivity contribution < 1.29 is 0 Å². The van der Waals surface area contributed by atoms with E-state index in [0.717, 1.165) is 32.9 Å². The van der Waals surface area contributed by atoms with Crippen LogP contribution < -0.4 is 41.5 Å². The van der Waals surface area contributed by atoms with E-state index in [9.17, 15) is 0 Å². The molecule has 356 valence electrons. The molecule has 0 fully saturated rings. The van der Waals surface area contributed by atoms with Crippen molar-refractivity contribution in [1.29, 1.82) is 0 Å². The monoisotopic (exact) mass is 1000 g/mol. The number of nitrogens with zero attached hydrogens (tertiary/aromatic N) is 5. The van der Waals surface area contributed by atoms with Gasteiger partial charge in [-0.25, -0.2) is 4.98 Å². The van der Waals surface area contributed by atoms with Gasteiger partial charge in [-0.1, -0.05) is 261 Å². The van der Waals surface area contributed by atoms with Gasteiger partial charge in [-0.15, -0.1) is 0 Å². The van der Waals surface area contributed by atoms with Gasteiger partial charge in [0.2, 0.25) is 5.95 Å². The second-order valence-corrected chi connectivity index (χ2v) is 27.4. The number of hydrogen-bond acceptors (Lipinski definition) is 3. The molecule has 15 rings (SSSR count). The summed E-state index contributed by atoms with van der Waals surface area (Å²) in [5.74, 6) is 1.79. The lowest BCUT2D eigenvalue weighted by molar-refractivity contribution is 0.953. The first kappa shape index (κ1) is 44.0. The van der Waals surface area contributed by atoms with Gasteiger partial charge in [0.15, 0.2) is 27.8 Å². The molecule has 5 nitrogen and oxygen atoms in total. The van der Waals surface area contributed by atoms with Gasteiger partial charge in [0.25, 0.3) is 0 Å². The first-order chi connectivity index (χ1) is 37.7. The van der Waals surface area contributed by atoms with Crippen molar-refractivity contribution in [3.05, 3.63) is 285 Å². The van der Waals surface area contributed by atoms with Crippen molar-refractivity contribution in [2.24, 2.45) is 0 Å². The standard InChI is InChI=1S/C69H47N5Si2/c1-5-22-50(23-6-1)75(51-24-7-2-8-25-51,52-26-9-3-10-27-52)54-44-40-48(41-45-54)67-70-68(72-69(71-67)74-61-35-17-13-30-56(61)57-31-14-18-36-62(57)74)49-42-46-55(47-43-49)76(53-28-11-4-12-29-53)64-38-20-19-37-63(64)73-60-34-16-15-32-58(60)59-33-21-39-65(76)66(59)73/h1-47H. The third-order valence-electron chi connectivity index (χ3n) is 16.0.